The average molecular weight is 529 g/mol. The van der Waals surface area contributed by atoms with E-state index < -0.39 is 40.0 Å². The smallest absolute Gasteiger partial charge is 0.422 e. The lowest BCUT2D eigenvalue weighted by Gasteiger charge is -2.38. The van der Waals surface area contributed by atoms with Crippen LogP contribution >= 0.6 is 0 Å². The van der Waals surface area contributed by atoms with Crippen molar-refractivity contribution in [1.29, 1.82) is 0 Å². The Morgan fingerprint density at radius 1 is 1.28 bits per heavy atom. The summed E-state index contributed by atoms with van der Waals surface area (Å²) >= 11 is 0. The number of amides is 1. The maximum Gasteiger partial charge on any atom is 0.422 e. The van der Waals surface area contributed by atoms with Crippen LogP contribution in [0.25, 0.3) is 0 Å². The van der Waals surface area contributed by atoms with Crippen LogP contribution < -0.4 is 15.8 Å². The number of nitrogens with one attached hydrogen (secondary N) is 1. The monoisotopic (exact) mass is 528 g/mol. The molecule has 14 heteroatoms. The van der Waals surface area contributed by atoms with Gasteiger partial charge >= 0.3 is 6.18 Å². The lowest BCUT2D eigenvalue weighted by Crippen LogP contribution is -2.52. The van der Waals surface area contributed by atoms with Gasteiger partial charge in [-0.2, -0.15) is 13.2 Å². The minimum atomic E-state index is -4.50. The molecule has 0 radical (unpaired) electrons. The van der Waals surface area contributed by atoms with Crippen LogP contribution in [0.15, 0.2) is 45.9 Å². The second-order valence-corrected chi connectivity index (χ2v) is 10.8. The number of rotatable bonds is 5. The van der Waals surface area contributed by atoms with Crippen molar-refractivity contribution in [2.45, 2.75) is 31.5 Å². The molecule has 0 saturated carbocycles. The summed E-state index contributed by atoms with van der Waals surface area (Å²) in [6.45, 7) is 0.973. The number of carbonyl (C=O) groups excluding carboxylic acids is 1. The van der Waals surface area contributed by atoms with Crippen molar-refractivity contribution < 1.29 is 31.3 Å². The van der Waals surface area contributed by atoms with Crippen molar-refractivity contribution in [3.63, 3.8) is 0 Å². The number of anilines is 1. The highest BCUT2D eigenvalue weighted by molar-refractivity contribution is 7.92. The molecule has 0 saturated heterocycles. The third kappa shape index (κ3) is 5.53. The number of aromatic nitrogens is 1. The number of hydrogen-bond acceptors (Lipinski definition) is 7. The summed E-state index contributed by atoms with van der Waals surface area (Å²) in [7, 11) is -2.93. The second-order valence-electron chi connectivity index (χ2n) is 8.59. The zero-order valence-corrected chi connectivity index (χ0v) is 20.0. The predicted octanol–water partition coefficient (Wildman–Crippen LogP) is 3.44. The third-order valence-corrected chi connectivity index (χ3v) is 8.25. The number of ether oxygens (including phenoxy) is 1. The number of nitrogens with two attached hydrogens (primary N) is 1. The summed E-state index contributed by atoms with van der Waals surface area (Å²) in [5.41, 5.74) is 5.02. The maximum atomic E-state index is 15.0. The zero-order valence-electron chi connectivity index (χ0n) is 19.2. The zero-order chi connectivity index (χ0) is 26.1. The largest absolute Gasteiger partial charge is 0.483 e. The molecule has 194 valence electrons. The Morgan fingerprint density at radius 2 is 2.06 bits per heavy atom. The molecule has 9 nitrogen and oxygen atoms in total. The van der Waals surface area contributed by atoms with Gasteiger partial charge in [0.25, 0.3) is 5.91 Å². The fourth-order valence-electron chi connectivity index (χ4n) is 3.99. The second kappa shape index (κ2) is 9.56. The summed E-state index contributed by atoms with van der Waals surface area (Å²) in [4.78, 5) is 20.9. The molecule has 0 unspecified atom stereocenters. The Balaban J connectivity index is 1.56. The molecule has 1 amide bonds. The minimum Gasteiger partial charge on any atom is -0.483 e. The molecule has 3 heterocycles. The van der Waals surface area contributed by atoms with Crippen molar-refractivity contribution in [2.24, 2.45) is 15.1 Å². The van der Waals surface area contributed by atoms with Crippen LogP contribution in [-0.4, -0.2) is 57.0 Å². The molecule has 4 rings (SSSR count). The molecule has 0 aliphatic carbocycles. The van der Waals surface area contributed by atoms with Crippen LogP contribution in [0, 0.1) is 5.82 Å². The summed E-state index contributed by atoms with van der Waals surface area (Å²) in [6.07, 6.45) is -1.99. The molecular formula is C22H24F4N6O3S. The first-order chi connectivity index (χ1) is 16.9. The highest BCUT2D eigenvalue weighted by Gasteiger charge is 2.42. The van der Waals surface area contributed by atoms with E-state index in [9.17, 15) is 26.6 Å². The number of nitrogens with zero attached hydrogens (tertiary/aromatic N) is 4. The van der Waals surface area contributed by atoms with E-state index >= 15 is 0 Å². The standard InChI is InChI=1S/C22H24F4N6O3S/c1-21(13-36(34)29-8-2-3-9-32(36)20(27)31-21)16-10-14(4-6-17(16)23)30-19(33)18-7-5-15(11-28-18)35-12-22(24,25)26/h4-7,10-11H,2-3,8-9,12-13H2,1H3,(H2,27,31)(H,30,33)/t21-,36-/m0/s1. The number of guanidine groups is 1. The Hall–Kier alpha value is -3.42. The number of halogens is 4. The van der Waals surface area contributed by atoms with E-state index in [0.29, 0.717) is 13.1 Å². The summed E-state index contributed by atoms with van der Waals surface area (Å²) in [6, 6.07) is 6.24. The van der Waals surface area contributed by atoms with Gasteiger partial charge in [-0.1, -0.05) is 0 Å². The van der Waals surface area contributed by atoms with Crippen molar-refractivity contribution in [1.82, 2.24) is 9.29 Å². The average Bonchev–Trinajstić information content (AvgIpc) is 3.00. The van der Waals surface area contributed by atoms with Gasteiger partial charge in [-0.15, -0.1) is 0 Å². The molecule has 2 aliphatic rings. The normalized spacial score (nSPS) is 24.1. The Bertz CT molecular complexity index is 1310. The number of benzene rings is 1. The van der Waals surface area contributed by atoms with Gasteiger partial charge in [0.1, 0.15) is 32.7 Å². The van der Waals surface area contributed by atoms with Gasteiger partial charge in [-0.25, -0.2) is 22.9 Å². The third-order valence-electron chi connectivity index (χ3n) is 5.67. The molecule has 2 atom stereocenters. The molecule has 0 bridgehead atoms. The number of carbonyl (C=O) groups is 1. The Labute approximate surface area is 205 Å². The van der Waals surface area contributed by atoms with E-state index in [-0.39, 0.29) is 34.4 Å². The topological polar surface area (TPSA) is 122 Å². The molecule has 1 aromatic heterocycles. The van der Waals surface area contributed by atoms with Crippen LogP contribution in [0.3, 0.4) is 0 Å². The number of alkyl halides is 3. The number of aliphatic imine (C=N–C) groups is 1. The summed E-state index contributed by atoms with van der Waals surface area (Å²) in [5, 5.41) is 2.57. The highest BCUT2D eigenvalue weighted by atomic mass is 32.2. The first kappa shape index (κ1) is 25.7. The van der Waals surface area contributed by atoms with Gasteiger partial charge in [-0.05, 0) is 50.1 Å². The van der Waals surface area contributed by atoms with Crippen LogP contribution in [0.4, 0.5) is 23.2 Å². The molecule has 36 heavy (non-hydrogen) atoms. The predicted molar refractivity (Wildman–Crippen MR) is 125 cm³/mol. The molecule has 2 aromatic rings. The number of fused-ring (bicyclic) bond motifs is 1. The van der Waals surface area contributed by atoms with Crippen LogP contribution in [-0.2, 0) is 15.5 Å². The highest BCUT2D eigenvalue weighted by Crippen LogP contribution is 2.36. The minimum absolute atomic E-state index is 0.0188. The van der Waals surface area contributed by atoms with Gasteiger partial charge in [-0.3, -0.25) is 9.10 Å². The van der Waals surface area contributed by atoms with Crippen molar-refractivity contribution >= 4 is 27.5 Å². The number of pyridine rings is 1. The van der Waals surface area contributed by atoms with Crippen LogP contribution in [0.2, 0.25) is 0 Å². The molecule has 3 N–H and O–H groups in total. The lowest BCUT2D eigenvalue weighted by molar-refractivity contribution is -0.153. The quantitative estimate of drug-likeness (QED) is 0.576. The van der Waals surface area contributed by atoms with Gasteiger partial charge in [0.05, 0.1) is 18.5 Å². The fraction of sp³-hybridized carbons (Fsp3) is 0.409. The first-order valence-electron chi connectivity index (χ1n) is 11.0. The van der Waals surface area contributed by atoms with Crippen LogP contribution in [0.1, 0.15) is 35.8 Å². The van der Waals surface area contributed by atoms with Gasteiger partial charge in [0.15, 0.2) is 6.61 Å². The molecule has 0 spiro atoms. The van der Waals surface area contributed by atoms with E-state index in [1.165, 1.54) is 28.6 Å². The first-order valence-corrected chi connectivity index (χ1v) is 12.6. The summed E-state index contributed by atoms with van der Waals surface area (Å²) in [5.74, 6) is -1.51. The van der Waals surface area contributed by atoms with Crippen LogP contribution in [0.5, 0.6) is 5.75 Å². The van der Waals surface area contributed by atoms with E-state index in [1.54, 1.807) is 6.92 Å². The Kier molecular flexibility index (Phi) is 6.82. The maximum absolute atomic E-state index is 15.0. The summed E-state index contributed by atoms with van der Waals surface area (Å²) < 4.78 is 75.8. The van der Waals surface area contributed by atoms with Crippen molar-refractivity contribution in [2.75, 3.05) is 30.8 Å². The Morgan fingerprint density at radius 3 is 2.75 bits per heavy atom. The molecular weight excluding hydrogens is 504 g/mol. The molecule has 1 aromatic carbocycles. The lowest BCUT2D eigenvalue weighted by atomic mass is 9.93. The van der Waals surface area contributed by atoms with E-state index in [4.69, 9.17) is 5.73 Å². The number of hydrogen-bond donors (Lipinski definition) is 2. The van der Waals surface area contributed by atoms with Gasteiger partial charge in [0, 0.05) is 17.8 Å². The van der Waals surface area contributed by atoms with Gasteiger partial charge in [0.2, 0.25) is 5.96 Å². The van der Waals surface area contributed by atoms with E-state index in [2.05, 4.69) is 24.4 Å². The molecule has 2 aliphatic heterocycles. The SMILES string of the molecule is C[C@@]1(c2cc(NC(=O)c3ccc(OCC(F)(F)F)cn3)ccc2F)C[S@]2(=O)=NCCCCN2C(N)=N1. The van der Waals surface area contributed by atoms with Crippen molar-refractivity contribution in [3.8, 4) is 5.75 Å². The van der Waals surface area contributed by atoms with Gasteiger partial charge < -0.3 is 15.8 Å². The van der Waals surface area contributed by atoms with E-state index in [0.717, 1.165) is 25.1 Å². The van der Waals surface area contributed by atoms with E-state index in [1.807, 2.05) is 0 Å². The van der Waals surface area contributed by atoms with Crippen molar-refractivity contribution in [3.05, 3.63) is 53.6 Å². The molecule has 0 fully saturated rings. The fourth-order valence-corrected chi connectivity index (χ4v) is 6.49.